The zero-order chi connectivity index (χ0) is 23.9. The van der Waals surface area contributed by atoms with Crippen molar-refractivity contribution in [3.05, 3.63) is 59.7 Å². The molecule has 2 aromatic carbocycles. The number of nitriles is 1. The number of ketones is 1. The Morgan fingerprint density at radius 1 is 1.00 bits per heavy atom. The molecule has 0 saturated carbocycles. The van der Waals surface area contributed by atoms with Crippen LogP contribution in [0.15, 0.2) is 48.5 Å². The smallest absolute Gasteiger partial charge is 0.342 e. The molecule has 170 valence electrons. The van der Waals surface area contributed by atoms with Gasteiger partial charge in [-0.15, -0.1) is 0 Å². The van der Waals surface area contributed by atoms with Gasteiger partial charge in [0.15, 0.2) is 5.78 Å². The molecule has 0 saturated heterocycles. The number of carbonyl (C=O) groups excluding carboxylic acids is 2. The van der Waals surface area contributed by atoms with Gasteiger partial charge in [-0.25, -0.2) is 0 Å². The van der Waals surface area contributed by atoms with Crippen LogP contribution in [0.25, 0.3) is 11.1 Å². The third-order valence-electron chi connectivity index (χ3n) is 4.93. The number of Topliss-reactive ketones (excluding diaryl/α,β-unsaturated/α-hetero) is 1. The van der Waals surface area contributed by atoms with Crippen molar-refractivity contribution in [3.63, 3.8) is 0 Å². The normalized spacial score (nSPS) is 13.3. The van der Waals surface area contributed by atoms with E-state index in [-0.39, 0.29) is 30.2 Å². The van der Waals surface area contributed by atoms with E-state index in [1.54, 1.807) is 56.3 Å². The summed E-state index contributed by atoms with van der Waals surface area (Å²) in [5, 5.41) is 13.4. The number of nitrogens with zero attached hydrogens (tertiary/aromatic N) is 1. The summed E-state index contributed by atoms with van der Waals surface area (Å²) in [5.41, 5.74) is 2.00. The fraction of sp³-hybridized carbons (Fsp3) is 0.375. The van der Waals surface area contributed by atoms with Gasteiger partial charge in [0.2, 0.25) is 5.91 Å². The van der Waals surface area contributed by atoms with E-state index in [9.17, 15) is 22.8 Å². The third kappa shape index (κ3) is 6.92. The highest BCUT2D eigenvalue weighted by Crippen LogP contribution is 2.34. The van der Waals surface area contributed by atoms with Crippen LogP contribution in [0.2, 0.25) is 0 Å². The fourth-order valence-electron chi connectivity index (χ4n) is 3.32. The average molecular weight is 445 g/mol. The van der Waals surface area contributed by atoms with E-state index >= 15 is 0 Å². The monoisotopic (exact) mass is 445 g/mol. The van der Waals surface area contributed by atoms with Gasteiger partial charge >= 0.3 is 6.18 Å². The Morgan fingerprint density at radius 3 is 1.97 bits per heavy atom. The molecule has 0 heterocycles. The van der Waals surface area contributed by atoms with E-state index < -0.39 is 24.2 Å². The molecular weight excluding hydrogens is 419 g/mol. The van der Waals surface area contributed by atoms with Crippen LogP contribution in [0.4, 0.5) is 13.2 Å². The van der Waals surface area contributed by atoms with Gasteiger partial charge in [-0.2, -0.15) is 18.4 Å². The van der Waals surface area contributed by atoms with Crippen LogP contribution in [-0.2, 0) is 4.79 Å². The summed E-state index contributed by atoms with van der Waals surface area (Å²) in [6, 6.07) is 11.3. The first-order valence-electron chi connectivity index (χ1n) is 10.2. The quantitative estimate of drug-likeness (QED) is 0.429. The van der Waals surface area contributed by atoms with Crippen molar-refractivity contribution in [1.29, 1.82) is 5.26 Å². The number of amides is 1. The highest BCUT2D eigenvalue weighted by Gasteiger charge is 2.42. The summed E-state index contributed by atoms with van der Waals surface area (Å²) < 4.78 is 41.7. The molecule has 5 nitrogen and oxygen atoms in total. The summed E-state index contributed by atoms with van der Waals surface area (Å²) in [4.78, 5) is 23.7. The van der Waals surface area contributed by atoms with E-state index in [2.05, 4.69) is 10.6 Å². The molecule has 0 aromatic heterocycles. The molecule has 2 N–H and O–H groups in total. The number of hydrogen-bond donors (Lipinski definition) is 2. The molecule has 0 aliphatic carbocycles. The average Bonchev–Trinajstić information content (AvgIpc) is 2.74. The van der Waals surface area contributed by atoms with Crippen molar-refractivity contribution >= 4 is 11.7 Å². The molecular formula is C24H26F3N3O2. The maximum Gasteiger partial charge on any atom is 0.407 e. The van der Waals surface area contributed by atoms with Crippen LogP contribution in [0.3, 0.4) is 0 Å². The minimum atomic E-state index is -4.63. The Bertz CT molecular complexity index is 962. The van der Waals surface area contributed by atoms with E-state index in [0.29, 0.717) is 11.1 Å². The lowest BCUT2D eigenvalue weighted by atomic mass is 9.97. The number of rotatable bonds is 9. The van der Waals surface area contributed by atoms with Gasteiger partial charge < -0.3 is 5.32 Å². The number of nitrogens with one attached hydrogen (secondary N) is 2. The van der Waals surface area contributed by atoms with Gasteiger partial charge in [0.25, 0.3) is 0 Å². The molecule has 2 atom stereocenters. The molecule has 32 heavy (non-hydrogen) atoms. The van der Waals surface area contributed by atoms with Crippen LogP contribution >= 0.6 is 0 Å². The van der Waals surface area contributed by atoms with Crippen molar-refractivity contribution in [2.75, 3.05) is 6.54 Å². The van der Waals surface area contributed by atoms with Crippen LogP contribution in [0.5, 0.6) is 0 Å². The molecule has 8 heteroatoms. The number of carbonyl (C=O) groups is 2. The van der Waals surface area contributed by atoms with Gasteiger partial charge in [0.05, 0.1) is 12.1 Å². The molecule has 0 radical (unpaired) electrons. The Labute approximate surface area is 185 Å². The predicted octanol–water partition coefficient (Wildman–Crippen LogP) is 4.80. The Hall–Kier alpha value is -3.18. The fourth-order valence-corrected chi connectivity index (χ4v) is 3.32. The molecule has 0 fully saturated rings. The lowest BCUT2D eigenvalue weighted by molar-refractivity contribution is -0.161. The standard InChI is InChI=1S/C24H26F3N3O2/c1-15(2)14-21(23(32)29-13-12-28)30-22(24(25,26)27)20-10-8-19(9-11-20)18-6-4-17(5-7-18)16(3)31/h4-11,15,21-22,30H,13-14H2,1-3H3,(H,29,32)/t21-,22-/m0/s1. The molecule has 2 aromatic rings. The summed E-state index contributed by atoms with van der Waals surface area (Å²) in [5.74, 6) is -0.744. The molecule has 0 aliphatic heterocycles. The van der Waals surface area contributed by atoms with Crippen LogP contribution in [0, 0.1) is 17.2 Å². The summed E-state index contributed by atoms with van der Waals surface area (Å²) in [6.45, 7) is 4.80. The van der Waals surface area contributed by atoms with E-state index in [1.807, 2.05) is 0 Å². The Morgan fingerprint density at radius 2 is 1.53 bits per heavy atom. The number of benzene rings is 2. The van der Waals surface area contributed by atoms with Gasteiger partial charge in [0, 0.05) is 5.56 Å². The first kappa shape index (κ1) is 25.1. The second-order valence-corrected chi connectivity index (χ2v) is 7.95. The maximum absolute atomic E-state index is 13.9. The zero-order valence-electron chi connectivity index (χ0n) is 18.2. The van der Waals surface area contributed by atoms with Crippen LogP contribution in [0.1, 0.15) is 49.2 Å². The van der Waals surface area contributed by atoms with E-state index in [4.69, 9.17) is 5.26 Å². The largest absolute Gasteiger partial charge is 0.407 e. The topological polar surface area (TPSA) is 82.0 Å². The zero-order valence-corrected chi connectivity index (χ0v) is 18.2. The van der Waals surface area contributed by atoms with Crippen molar-refractivity contribution in [2.24, 2.45) is 5.92 Å². The van der Waals surface area contributed by atoms with Gasteiger partial charge in [-0.3, -0.25) is 14.9 Å². The molecule has 0 bridgehead atoms. The first-order chi connectivity index (χ1) is 15.0. The highest BCUT2D eigenvalue weighted by molar-refractivity contribution is 5.94. The van der Waals surface area contributed by atoms with Crippen LogP contribution in [-0.4, -0.2) is 30.5 Å². The molecule has 0 unspecified atom stereocenters. The molecule has 0 aliphatic rings. The first-order valence-corrected chi connectivity index (χ1v) is 10.2. The number of hydrogen-bond acceptors (Lipinski definition) is 4. The lowest BCUT2D eigenvalue weighted by Crippen LogP contribution is -2.49. The van der Waals surface area contributed by atoms with Crippen molar-refractivity contribution in [1.82, 2.24) is 10.6 Å². The van der Waals surface area contributed by atoms with Crippen molar-refractivity contribution in [2.45, 2.75) is 45.5 Å². The second-order valence-electron chi connectivity index (χ2n) is 7.95. The minimum Gasteiger partial charge on any atom is -0.342 e. The van der Waals surface area contributed by atoms with E-state index in [1.165, 1.54) is 19.1 Å². The number of halogens is 3. The molecule has 0 spiro atoms. The Kier molecular flexibility index (Phi) is 8.56. The third-order valence-corrected chi connectivity index (χ3v) is 4.93. The second kappa shape index (κ2) is 10.9. The summed E-state index contributed by atoms with van der Waals surface area (Å²) >= 11 is 0. The maximum atomic E-state index is 13.9. The predicted molar refractivity (Wildman–Crippen MR) is 116 cm³/mol. The molecule has 1 amide bonds. The van der Waals surface area contributed by atoms with Crippen molar-refractivity contribution < 1.29 is 22.8 Å². The van der Waals surface area contributed by atoms with Gasteiger partial charge in [-0.05, 0) is 36.0 Å². The minimum absolute atomic E-state index is 0.0246. The Balaban J connectivity index is 2.29. The number of alkyl halides is 3. The summed E-state index contributed by atoms with van der Waals surface area (Å²) in [7, 11) is 0. The summed E-state index contributed by atoms with van der Waals surface area (Å²) in [6.07, 6.45) is -4.44. The van der Waals surface area contributed by atoms with Crippen LogP contribution < -0.4 is 10.6 Å². The van der Waals surface area contributed by atoms with Crippen molar-refractivity contribution in [3.8, 4) is 17.2 Å². The molecule has 2 rings (SSSR count). The van der Waals surface area contributed by atoms with E-state index in [0.717, 1.165) is 5.56 Å². The van der Waals surface area contributed by atoms with Gasteiger partial charge in [-0.1, -0.05) is 62.4 Å². The highest BCUT2D eigenvalue weighted by atomic mass is 19.4. The van der Waals surface area contributed by atoms with Gasteiger partial charge in [0.1, 0.15) is 12.6 Å². The lowest BCUT2D eigenvalue weighted by Gasteiger charge is -2.28. The SMILES string of the molecule is CC(=O)c1ccc(-c2ccc([C@H](N[C@@H](CC(C)C)C(=O)NCC#N)C(F)(F)F)cc2)cc1.